The summed E-state index contributed by atoms with van der Waals surface area (Å²) >= 11 is 1.20. The van der Waals surface area contributed by atoms with E-state index in [1.54, 1.807) is 48.5 Å². The van der Waals surface area contributed by atoms with Gasteiger partial charge in [-0.1, -0.05) is 88.0 Å². The van der Waals surface area contributed by atoms with E-state index >= 15 is 0 Å². The van der Waals surface area contributed by atoms with Gasteiger partial charge < -0.3 is 24.8 Å². The van der Waals surface area contributed by atoms with Crippen molar-refractivity contribution >= 4 is 21.9 Å². The quantitative estimate of drug-likeness (QED) is 0.0562. The number of phenols is 1. The van der Waals surface area contributed by atoms with Gasteiger partial charge in [-0.25, -0.2) is 0 Å². The fourth-order valence-corrected chi connectivity index (χ4v) is 7.25. The van der Waals surface area contributed by atoms with Gasteiger partial charge in [-0.05, 0) is 83.6 Å². The predicted molar refractivity (Wildman–Crippen MR) is 189 cm³/mol. The number of aromatic hydroxyl groups is 1. The van der Waals surface area contributed by atoms with Crippen LogP contribution in [-0.2, 0) is 28.1 Å². The number of aliphatic hydroxyl groups excluding tert-OH is 2. The molecule has 1 unspecified atom stereocenters. The van der Waals surface area contributed by atoms with Crippen molar-refractivity contribution < 1.29 is 37.8 Å². The summed E-state index contributed by atoms with van der Waals surface area (Å²) < 4.78 is 47.0. The molecule has 4 N–H and O–H groups in total. The zero-order valence-electron chi connectivity index (χ0n) is 27.6. The Hall–Kier alpha value is -3.38. The maximum absolute atomic E-state index is 12.6. The van der Waals surface area contributed by atoms with Gasteiger partial charge in [0.05, 0.1) is 19.8 Å². The zero-order valence-corrected chi connectivity index (χ0v) is 29.2. The minimum Gasteiger partial charge on any atom is -0.507 e. The average Bonchev–Trinajstić information content (AvgIpc) is 3.08. The van der Waals surface area contributed by atoms with Crippen LogP contribution in [0.4, 0.5) is 0 Å². The maximum atomic E-state index is 12.6. The Morgan fingerprint density at radius 1 is 0.812 bits per heavy atom. The highest BCUT2D eigenvalue weighted by Gasteiger charge is 2.23. The molecule has 4 aromatic carbocycles. The van der Waals surface area contributed by atoms with Crippen LogP contribution in [-0.4, -0.2) is 41.5 Å². The highest BCUT2D eigenvalue weighted by Crippen LogP contribution is 2.40. The summed E-state index contributed by atoms with van der Waals surface area (Å²) in [4.78, 5) is 0.834. The SMILES string of the molecule is CCCCCCCOCc1cc(CO)c(O)c(C(O)c2ccccc2-c2ccc(Sc3ccc(OCCCC)cc3)c(S(=O)(=O)O)c2)c1. The molecule has 4 rings (SSSR count). The van der Waals surface area contributed by atoms with Crippen LogP contribution in [0, 0.1) is 0 Å². The number of ether oxygens (including phenoxy) is 2. The molecule has 0 aromatic heterocycles. The number of hydrogen-bond donors (Lipinski definition) is 4. The average molecular weight is 695 g/mol. The molecule has 0 saturated carbocycles. The van der Waals surface area contributed by atoms with Crippen molar-refractivity contribution in [2.24, 2.45) is 0 Å². The maximum Gasteiger partial charge on any atom is 0.295 e. The van der Waals surface area contributed by atoms with E-state index in [-0.39, 0.29) is 28.4 Å². The first-order chi connectivity index (χ1) is 23.2. The molecule has 0 amide bonds. The molecule has 0 heterocycles. The first-order valence-corrected chi connectivity index (χ1v) is 18.7. The normalized spacial score (nSPS) is 12.3. The van der Waals surface area contributed by atoms with Crippen molar-refractivity contribution in [3.8, 4) is 22.6 Å². The van der Waals surface area contributed by atoms with E-state index in [2.05, 4.69) is 13.8 Å². The van der Waals surface area contributed by atoms with Crippen molar-refractivity contribution in [2.75, 3.05) is 13.2 Å². The molecule has 258 valence electrons. The van der Waals surface area contributed by atoms with Gasteiger partial charge in [0, 0.05) is 27.5 Å². The van der Waals surface area contributed by atoms with E-state index in [9.17, 15) is 28.3 Å². The second-order valence-electron chi connectivity index (χ2n) is 11.7. The monoisotopic (exact) mass is 694 g/mol. The fraction of sp³-hybridized carbons (Fsp3) is 0.368. The molecule has 0 aliphatic carbocycles. The Labute approximate surface area is 288 Å². The van der Waals surface area contributed by atoms with E-state index in [0.29, 0.717) is 40.4 Å². The van der Waals surface area contributed by atoms with Crippen LogP contribution >= 0.6 is 11.8 Å². The zero-order chi connectivity index (χ0) is 34.5. The third kappa shape index (κ3) is 10.3. The van der Waals surface area contributed by atoms with Crippen LogP contribution in [0.3, 0.4) is 0 Å². The first-order valence-electron chi connectivity index (χ1n) is 16.5. The molecule has 0 spiro atoms. The van der Waals surface area contributed by atoms with Crippen LogP contribution in [0.2, 0.25) is 0 Å². The Morgan fingerprint density at radius 3 is 2.25 bits per heavy atom. The second kappa shape index (κ2) is 18.4. The van der Waals surface area contributed by atoms with Gasteiger partial charge in [-0.2, -0.15) is 8.42 Å². The largest absolute Gasteiger partial charge is 0.507 e. The lowest BCUT2D eigenvalue weighted by molar-refractivity contribution is 0.116. The van der Waals surface area contributed by atoms with Gasteiger partial charge in [0.15, 0.2) is 0 Å². The van der Waals surface area contributed by atoms with Crippen molar-refractivity contribution in [3.63, 3.8) is 0 Å². The van der Waals surface area contributed by atoms with Crippen molar-refractivity contribution in [2.45, 2.75) is 92.8 Å². The van der Waals surface area contributed by atoms with E-state index in [4.69, 9.17) is 9.47 Å². The molecule has 0 fully saturated rings. The first kappa shape index (κ1) is 37.4. The number of rotatable bonds is 19. The van der Waals surface area contributed by atoms with Gasteiger partial charge in [0.1, 0.15) is 22.5 Å². The standard InChI is InChI=1S/C38H46O8S2/c1-3-5-7-8-11-20-45-26-27-22-29(25-39)37(40)34(23-27)38(41)33-13-10-9-12-32(33)28-14-19-35(36(24-28)48(42,43)44)47-31-17-15-30(16-18-31)46-21-6-4-2/h9-10,12-19,22-24,38-41H,3-8,11,20-21,25-26H2,1-2H3,(H,42,43,44). The lowest BCUT2D eigenvalue weighted by atomic mass is 9.90. The molecule has 4 aromatic rings. The van der Waals surface area contributed by atoms with Crippen LogP contribution in [0.15, 0.2) is 93.5 Å². The number of benzene rings is 4. The molecule has 0 radical (unpaired) electrons. The molecule has 8 nitrogen and oxygen atoms in total. The molecule has 0 saturated heterocycles. The number of aliphatic hydroxyl groups is 2. The Balaban J connectivity index is 1.61. The van der Waals surface area contributed by atoms with Crippen LogP contribution in [0.5, 0.6) is 11.5 Å². The van der Waals surface area contributed by atoms with Crippen LogP contribution < -0.4 is 4.74 Å². The van der Waals surface area contributed by atoms with E-state index in [1.807, 2.05) is 24.3 Å². The summed E-state index contributed by atoms with van der Waals surface area (Å²) in [6.07, 6.45) is 6.23. The molecule has 1 atom stereocenters. The van der Waals surface area contributed by atoms with Gasteiger partial charge >= 0.3 is 0 Å². The Morgan fingerprint density at radius 2 is 1.54 bits per heavy atom. The highest BCUT2D eigenvalue weighted by molar-refractivity contribution is 8.00. The summed E-state index contributed by atoms with van der Waals surface area (Å²) in [5.41, 5.74) is 2.53. The van der Waals surface area contributed by atoms with E-state index < -0.39 is 22.8 Å². The minimum atomic E-state index is -4.62. The molecule has 0 aliphatic rings. The Bertz CT molecular complexity index is 1720. The van der Waals surface area contributed by atoms with Crippen LogP contribution in [0.25, 0.3) is 11.1 Å². The summed E-state index contributed by atoms with van der Waals surface area (Å²) in [6.45, 7) is 5.30. The van der Waals surface area contributed by atoms with E-state index in [0.717, 1.165) is 36.3 Å². The molecule has 0 bridgehead atoms. The molecular weight excluding hydrogens is 649 g/mol. The van der Waals surface area contributed by atoms with Gasteiger partial charge in [0.2, 0.25) is 0 Å². The minimum absolute atomic E-state index is 0.194. The molecular formula is C38H46O8S2. The van der Waals surface area contributed by atoms with Crippen molar-refractivity contribution in [1.82, 2.24) is 0 Å². The third-order valence-electron chi connectivity index (χ3n) is 8.01. The third-order valence-corrected chi connectivity index (χ3v) is 10.1. The van der Waals surface area contributed by atoms with Crippen molar-refractivity contribution in [3.05, 3.63) is 101 Å². The van der Waals surface area contributed by atoms with Gasteiger partial charge in [-0.15, -0.1) is 0 Å². The number of unbranched alkanes of at least 4 members (excludes halogenated alkanes) is 5. The summed E-state index contributed by atoms with van der Waals surface area (Å²) in [5, 5.41) is 32.6. The van der Waals surface area contributed by atoms with Crippen molar-refractivity contribution in [1.29, 1.82) is 0 Å². The predicted octanol–water partition coefficient (Wildman–Crippen LogP) is 8.70. The fourth-order valence-electron chi connectivity index (χ4n) is 5.39. The highest BCUT2D eigenvalue weighted by atomic mass is 32.2. The topological polar surface area (TPSA) is 134 Å². The molecule has 0 aliphatic heterocycles. The lowest BCUT2D eigenvalue weighted by Gasteiger charge is -2.20. The smallest absolute Gasteiger partial charge is 0.295 e. The second-order valence-corrected chi connectivity index (χ2v) is 14.2. The van der Waals surface area contributed by atoms with E-state index in [1.165, 1.54) is 37.1 Å². The van der Waals surface area contributed by atoms with Gasteiger partial charge in [-0.3, -0.25) is 4.55 Å². The summed E-state index contributed by atoms with van der Waals surface area (Å²) in [7, 11) is -4.62. The van der Waals surface area contributed by atoms with Gasteiger partial charge in [0.25, 0.3) is 10.1 Å². The summed E-state index contributed by atoms with van der Waals surface area (Å²) in [6, 6.07) is 22.3. The van der Waals surface area contributed by atoms with Crippen LogP contribution in [0.1, 0.15) is 87.2 Å². The lowest BCUT2D eigenvalue weighted by Crippen LogP contribution is -2.06. The number of hydrogen-bond acceptors (Lipinski definition) is 8. The molecule has 10 heteroatoms. The summed E-state index contributed by atoms with van der Waals surface area (Å²) in [5.74, 6) is 0.497. The molecule has 48 heavy (non-hydrogen) atoms. The Kier molecular flexibility index (Phi) is 14.4.